The largest absolute Gasteiger partial charge is 0.463 e. The van der Waals surface area contributed by atoms with Crippen LogP contribution in [-0.4, -0.2) is 49.1 Å². The first kappa shape index (κ1) is 16.7. The van der Waals surface area contributed by atoms with E-state index in [1.165, 1.54) is 6.92 Å². The van der Waals surface area contributed by atoms with Crippen LogP contribution in [0.4, 0.5) is 0 Å². The summed E-state index contributed by atoms with van der Waals surface area (Å²) in [6.45, 7) is 3.27. The van der Waals surface area contributed by atoms with Crippen molar-refractivity contribution in [3.63, 3.8) is 0 Å². The fourth-order valence-electron chi connectivity index (χ4n) is 1.82. The Morgan fingerprint density at radius 3 is 2.24 bits per heavy atom. The van der Waals surface area contributed by atoms with Gasteiger partial charge in [-0.25, -0.2) is 0 Å². The van der Waals surface area contributed by atoms with Crippen molar-refractivity contribution in [3.8, 4) is 0 Å². The Hall–Kier alpha value is -2.32. The van der Waals surface area contributed by atoms with Gasteiger partial charge >= 0.3 is 17.9 Å². The van der Waals surface area contributed by atoms with Gasteiger partial charge in [-0.1, -0.05) is 5.11 Å². The third-order valence-electron chi connectivity index (χ3n) is 2.51. The molecule has 1 aliphatic heterocycles. The number of rotatable bonds is 5. The van der Waals surface area contributed by atoms with Gasteiger partial charge in [-0.3, -0.25) is 14.4 Å². The lowest BCUT2D eigenvalue weighted by molar-refractivity contribution is -0.196. The minimum atomic E-state index is -1.23. The molecule has 1 rings (SSSR count). The molecule has 4 atom stereocenters. The monoisotopic (exact) mass is 301 g/mol. The van der Waals surface area contributed by atoms with Crippen LogP contribution in [0.3, 0.4) is 0 Å². The van der Waals surface area contributed by atoms with E-state index in [0.29, 0.717) is 0 Å². The maximum absolute atomic E-state index is 11.1. The van der Waals surface area contributed by atoms with Gasteiger partial charge in [-0.05, 0) is 5.53 Å². The van der Waals surface area contributed by atoms with Crippen molar-refractivity contribution in [2.75, 3.05) is 6.61 Å². The molecule has 0 aromatic rings. The van der Waals surface area contributed by atoms with Crippen LogP contribution in [0.15, 0.2) is 5.11 Å². The van der Waals surface area contributed by atoms with Gasteiger partial charge in [-0.15, -0.1) is 0 Å². The van der Waals surface area contributed by atoms with Crippen LogP contribution < -0.4 is 0 Å². The highest BCUT2D eigenvalue weighted by Gasteiger charge is 2.48. The summed E-state index contributed by atoms with van der Waals surface area (Å²) in [5.41, 5.74) is 8.59. The van der Waals surface area contributed by atoms with Gasteiger partial charge in [0.05, 0.1) is 0 Å². The average Bonchev–Trinajstić information content (AvgIpc) is 2.65. The quantitative estimate of drug-likeness (QED) is 0.236. The van der Waals surface area contributed by atoms with Gasteiger partial charge in [0, 0.05) is 25.7 Å². The predicted octanol–water partition coefficient (Wildman–Crippen LogP) is 0.448. The Morgan fingerprint density at radius 2 is 1.76 bits per heavy atom. The second-order valence-corrected chi connectivity index (χ2v) is 4.22. The number of nitrogens with zero attached hydrogens (tertiary/aromatic N) is 3. The number of hydrogen-bond donors (Lipinski definition) is 0. The lowest BCUT2D eigenvalue weighted by Gasteiger charge is -2.19. The molecule has 0 aliphatic carbocycles. The van der Waals surface area contributed by atoms with Gasteiger partial charge < -0.3 is 18.9 Å². The second kappa shape index (κ2) is 7.46. The van der Waals surface area contributed by atoms with Crippen molar-refractivity contribution in [1.82, 2.24) is 0 Å². The summed E-state index contributed by atoms with van der Waals surface area (Å²) < 4.78 is 20.0. The summed E-state index contributed by atoms with van der Waals surface area (Å²) in [7, 11) is 0. The maximum atomic E-state index is 11.1. The molecule has 0 bridgehead atoms. The molecule has 0 saturated carbocycles. The summed E-state index contributed by atoms with van der Waals surface area (Å²) in [6.07, 6.45) is -3.23. The van der Waals surface area contributed by atoms with Gasteiger partial charge in [0.15, 0.2) is 6.10 Å². The van der Waals surface area contributed by atoms with Crippen LogP contribution in [0, 0.1) is 0 Å². The van der Waals surface area contributed by atoms with E-state index in [1.807, 2.05) is 0 Å². The summed E-state index contributed by atoms with van der Waals surface area (Å²) >= 11 is 0. The average molecular weight is 301 g/mol. The number of ether oxygens (including phenoxy) is 4. The van der Waals surface area contributed by atoms with Crippen molar-refractivity contribution in [2.24, 2.45) is 5.11 Å². The predicted molar refractivity (Wildman–Crippen MR) is 65.5 cm³/mol. The molecule has 10 nitrogen and oxygen atoms in total. The molecule has 21 heavy (non-hydrogen) atoms. The minimum Gasteiger partial charge on any atom is -0.463 e. The van der Waals surface area contributed by atoms with Crippen LogP contribution in [0.25, 0.3) is 10.4 Å². The van der Waals surface area contributed by atoms with Crippen LogP contribution in [-0.2, 0) is 33.3 Å². The first-order valence-electron chi connectivity index (χ1n) is 6.02. The zero-order chi connectivity index (χ0) is 16.0. The van der Waals surface area contributed by atoms with Gasteiger partial charge in [0.2, 0.25) is 6.29 Å². The molecule has 0 spiro atoms. The summed E-state index contributed by atoms with van der Waals surface area (Å²) in [5, 5.41) is 3.47. The zero-order valence-electron chi connectivity index (χ0n) is 11.7. The molecule has 1 heterocycles. The Labute approximate surface area is 119 Å². The molecule has 0 N–H and O–H groups in total. The molecule has 1 aliphatic rings. The summed E-state index contributed by atoms with van der Waals surface area (Å²) in [5.74, 6) is -1.88. The van der Waals surface area contributed by atoms with Crippen LogP contribution in [0.2, 0.25) is 0 Å². The smallest absolute Gasteiger partial charge is 0.305 e. The van der Waals surface area contributed by atoms with Crippen molar-refractivity contribution in [2.45, 2.75) is 45.3 Å². The highest BCUT2D eigenvalue weighted by molar-refractivity contribution is 5.67. The summed E-state index contributed by atoms with van der Waals surface area (Å²) in [6, 6.07) is -0.984. The van der Waals surface area contributed by atoms with E-state index in [1.54, 1.807) is 0 Å². The summed E-state index contributed by atoms with van der Waals surface area (Å²) in [4.78, 5) is 35.6. The van der Waals surface area contributed by atoms with Gasteiger partial charge in [0.25, 0.3) is 0 Å². The normalized spacial score (nSPS) is 27.4. The van der Waals surface area contributed by atoms with E-state index >= 15 is 0 Å². The fraction of sp³-hybridized carbons (Fsp3) is 0.727. The first-order chi connectivity index (χ1) is 9.85. The van der Waals surface area contributed by atoms with Gasteiger partial charge in [-0.2, -0.15) is 0 Å². The SMILES string of the molecule is CC(=O)OC[C@H]1OC(OC(C)=O)[C@H](OC(C)=O)[C@@H]1N=[N+]=[N-]. The topological polar surface area (TPSA) is 137 Å². The number of esters is 3. The van der Waals surface area contributed by atoms with E-state index in [0.717, 1.165) is 13.8 Å². The molecule has 1 saturated heterocycles. The van der Waals surface area contributed by atoms with E-state index in [4.69, 9.17) is 24.5 Å². The first-order valence-corrected chi connectivity index (χ1v) is 6.02. The third kappa shape index (κ3) is 4.93. The van der Waals surface area contributed by atoms with Crippen LogP contribution >= 0.6 is 0 Å². The number of carbonyl (C=O) groups excluding carboxylic acids is 3. The highest BCUT2D eigenvalue weighted by Crippen LogP contribution is 2.28. The molecule has 10 heteroatoms. The minimum absolute atomic E-state index is 0.228. The number of azide groups is 1. The third-order valence-corrected chi connectivity index (χ3v) is 2.51. The highest BCUT2D eigenvalue weighted by atomic mass is 16.7. The molecular weight excluding hydrogens is 286 g/mol. The molecule has 0 amide bonds. The van der Waals surface area contributed by atoms with Crippen molar-refractivity contribution in [1.29, 1.82) is 0 Å². The lowest BCUT2D eigenvalue weighted by Crippen LogP contribution is -2.38. The Kier molecular flexibility index (Phi) is 5.94. The molecule has 0 aromatic carbocycles. The van der Waals surface area contributed by atoms with E-state index in [2.05, 4.69) is 10.0 Å². The van der Waals surface area contributed by atoms with Crippen LogP contribution in [0.1, 0.15) is 20.8 Å². The maximum Gasteiger partial charge on any atom is 0.305 e. The Balaban J connectivity index is 2.93. The number of carbonyl (C=O) groups is 3. The van der Waals surface area contributed by atoms with Crippen molar-refractivity contribution in [3.05, 3.63) is 10.4 Å². The molecule has 116 valence electrons. The fourth-order valence-corrected chi connectivity index (χ4v) is 1.82. The van der Waals surface area contributed by atoms with Crippen molar-refractivity contribution < 1.29 is 33.3 Å². The van der Waals surface area contributed by atoms with E-state index in [9.17, 15) is 14.4 Å². The molecular formula is C11H15N3O7. The molecule has 0 aromatic heterocycles. The Morgan fingerprint density at radius 1 is 1.14 bits per heavy atom. The molecule has 1 unspecified atom stereocenters. The lowest BCUT2D eigenvalue weighted by atomic mass is 10.1. The standard InChI is InChI=1S/C11H15N3O7/c1-5(15)18-4-8-9(13-14-12)10(19-6(2)16)11(21-8)20-7(3)17/h8-11H,4H2,1-3H3/t8-,9-,10-,11?/m1/s1. The molecule has 1 fully saturated rings. The molecule has 0 radical (unpaired) electrons. The van der Waals surface area contributed by atoms with Crippen LogP contribution in [0.5, 0.6) is 0 Å². The van der Waals surface area contributed by atoms with E-state index < -0.39 is 42.4 Å². The van der Waals surface area contributed by atoms with E-state index in [-0.39, 0.29) is 6.61 Å². The second-order valence-electron chi connectivity index (χ2n) is 4.22. The Bertz CT molecular complexity index is 474. The van der Waals surface area contributed by atoms with Gasteiger partial charge in [0.1, 0.15) is 18.8 Å². The van der Waals surface area contributed by atoms with Crippen molar-refractivity contribution >= 4 is 17.9 Å². The number of hydrogen-bond acceptors (Lipinski definition) is 8. The zero-order valence-corrected chi connectivity index (χ0v) is 11.7.